The Kier molecular flexibility index (Phi) is 4.25. The van der Waals surface area contributed by atoms with Crippen LogP contribution in [0.1, 0.15) is 29.2 Å². The summed E-state index contributed by atoms with van der Waals surface area (Å²) in [5.41, 5.74) is 7.37. The second-order valence-electron chi connectivity index (χ2n) is 5.16. The minimum absolute atomic E-state index is 0.0917. The van der Waals surface area contributed by atoms with E-state index in [-0.39, 0.29) is 24.5 Å². The lowest BCUT2D eigenvalue weighted by atomic mass is 10.1. The van der Waals surface area contributed by atoms with Crippen molar-refractivity contribution in [2.24, 2.45) is 5.92 Å². The van der Waals surface area contributed by atoms with Crippen molar-refractivity contribution in [3.8, 4) is 0 Å². The first-order chi connectivity index (χ1) is 9.43. The second kappa shape index (κ2) is 5.76. The predicted molar refractivity (Wildman–Crippen MR) is 81.9 cm³/mol. The van der Waals surface area contributed by atoms with Crippen molar-refractivity contribution in [2.45, 2.75) is 26.8 Å². The zero-order valence-electron chi connectivity index (χ0n) is 11.8. The lowest BCUT2D eigenvalue weighted by Crippen LogP contribution is -2.41. The molecule has 2 rings (SSSR count). The molecule has 2 aromatic rings. The molecule has 5 nitrogen and oxygen atoms in total. The maximum atomic E-state index is 12.3. The summed E-state index contributed by atoms with van der Waals surface area (Å²) < 4.78 is 0. The van der Waals surface area contributed by atoms with Gasteiger partial charge in [0, 0.05) is 11.1 Å². The van der Waals surface area contributed by atoms with Gasteiger partial charge in [-0.05, 0) is 25.0 Å². The molecule has 0 radical (unpaired) electrons. The van der Waals surface area contributed by atoms with Gasteiger partial charge in [0.15, 0.2) is 0 Å². The van der Waals surface area contributed by atoms with Crippen LogP contribution in [0.25, 0.3) is 10.2 Å². The SMILES string of the molecule is Cc1ccc2c(N)c(C(=O)N[C@H](CO)C(C)C)sc2n1. The van der Waals surface area contributed by atoms with Crippen LogP contribution in [0, 0.1) is 12.8 Å². The van der Waals surface area contributed by atoms with E-state index in [2.05, 4.69) is 10.3 Å². The van der Waals surface area contributed by atoms with E-state index < -0.39 is 0 Å². The molecule has 0 saturated carbocycles. The fourth-order valence-corrected chi connectivity index (χ4v) is 2.96. The minimum atomic E-state index is -0.276. The molecule has 2 heterocycles. The summed E-state index contributed by atoms with van der Waals surface area (Å²) in [4.78, 5) is 17.9. The number of nitrogens with zero attached hydrogens (tertiary/aromatic N) is 1. The molecule has 0 fully saturated rings. The topological polar surface area (TPSA) is 88.2 Å². The average Bonchev–Trinajstić information content (AvgIpc) is 2.72. The van der Waals surface area contributed by atoms with Crippen LogP contribution in [0.3, 0.4) is 0 Å². The molecule has 0 aliphatic rings. The summed E-state index contributed by atoms with van der Waals surface area (Å²) in [6, 6.07) is 3.48. The number of aromatic nitrogens is 1. The van der Waals surface area contributed by atoms with Crippen molar-refractivity contribution in [1.82, 2.24) is 10.3 Å². The molecule has 0 aromatic carbocycles. The average molecular weight is 293 g/mol. The van der Waals surface area contributed by atoms with Gasteiger partial charge in [-0.2, -0.15) is 0 Å². The third kappa shape index (κ3) is 2.76. The van der Waals surface area contributed by atoms with Gasteiger partial charge in [0.2, 0.25) is 0 Å². The highest BCUT2D eigenvalue weighted by molar-refractivity contribution is 7.21. The van der Waals surface area contributed by atoms with E-state index in [4.69, 9.17) is 5.73 Å². The Labute approximate surface area is 121 Å². The zero-order chi connectivity index (χ0) is 14.9. The van der Waals surface area contributed by atoms with Crippen molar-refractivity contribution in [3.63, 3.8) is 0 Å². The number of carbonyl (C=O) groups is 1. The Morgan fingerprint density at radius 3 is 2.80 bits per heavy atom. The summed E-state index contributed by atoms with van der Waals surface area (Å²) in [6.45, 7) is 5.70. The van der Waals surface area contributed by atoms with E-state index in [0.29, 0.717) is 10.6 Å². The van der Waals surface area contributed by atoms with Crippen molar-refractivity contribution in [2.75, 3.05) is 12.3 Å². The van der Waals surface area contributed by atoms with Crippen LogP contribution in [0.15, 0.2) is 12.1 Å². The summed E-state index contributed by atoms with van der Waals surface area (Å²) >= 11 is 1.28. The normalized spacial score (nSPS) is 12.8. The number of fused-ring (bicyclic) bond motifs is 1. The quantitative estimate of drug-likeness (QED) is 0.803. The Balaban J connectivity index is 2.33. The first-order valence-electron chi connectivity index (χ1n) is 6.51. The molecule has 1 amide bonds. The van der Waals surface area contributed by atoms with E-state index in [1.807, 2.05) is 32.9 Å². The molecular formula is C14H19N3O2S. The van der Waals surface area contributed by atoms with Crippen LogP contribution >= 0.6 is 11.3 Å². The lowest BCUT2D eigenvalue weighted by molar-refractivity contribution is 0.0902. The van der Waals surface area contributed by atoms with Crippen molar-refractivity contribution >= 4 is 33.1 Å². The van der Waals surface area contributed by atoms with Gasteiger partial charge in [0.25, 0.3) is 5.91 Å². The number of anilines is 1. The molecule has 1 atom stereocenters. The monoisotopic (exact) mass is 293 g/mol. The number of nitrogen functional groups attached to an aromatic ring is 1. The van der Waals surface area contributed by atoms with Crippen molar-refractivity contribution < 1.29 is 9.90 Å². The fourth-order valence-electron chi connectivity index (χ4n) is 1.92. The Morgan fingerprint density at radius 2 is 2.20 bits per heavy atom. The van der Waals surface area contributed by atoms with Crippen LogP contribution in [0.2, 0.25) is 0 Å². The first-order valence-corrected chi connectivity index (χ1v) is 7.33. The van der Waals surface area contributed by atoms with E-state index in [9.17, 15) is 9.90 Å². The molecule has 20 heavy (non-hydrogen) atoms. The van der Waals surface area contributed by atoms with Gasteiger partial charge < -0.3 is 16.2 Å². The largest absolute Gasteiger partial charge is 0.397 e. The Hall–Kier alpha value is -1.66. The third-order valence-corrected chi connectivity index (χ3v) is 4.37. The standard InChI is InChI=1S/C14H19N3O2S/c1-7(2)10(6-18)17-13(19)12-11(15)9-5-4-8(3)16-14(9)20-12/h4-5,7,10,18H,6,15H2,1-3H3,(H,17,19)/t10-/m1/s1. The molecule has 0 saturated heterocycles. The number of pyridine rings is 1. The number of aryl methyl sites for hydroxylation is 1. The maximum absolute atomic E-state index is 12.3. The van der Waals surface area contributed by atoms with Gasteiger partial charge in [-0.15, -0.1) is 11.3 Å². The number of rotatable bonds is 4. The zero-order valence-corrected chi connectivity index (χ0v) is 12.6. The molecule has 108 valence electrons. The highest BCUT2D eigenvalue weighted by Crippen LogP contribution is 2.32. The number of amides is 1. The van der Waals surface area contributed by atoms with Gasteiger partial charge in [0.1, 0.15) is 9.71 Å². The molecule has 0 spiro atoms. The predicted octanol–water partition coefficient (Wildman–Crippen LogP) is 1.93. The van der Waals surface area contributed by atoms with E-state index in [0.717, 1.165) is 15.9 Å². The van der Waals surface area contributed by atoms with Crippen LogP contribution < -0.4 is 11.1 Å². The molecule has 2 aromatic heterocycles. The number of aliphatic hydroxyl groups excluding tert-OH is 1. The number of nitrogens with two attached hydrogens (primary N) is 1. The molecule has 6 heteroatoms. The third-order valence-electron chi connectivity index (χ3n) is 3.26. The van der Waals surface area contributed by atoms with E-state index in [1.54, 1.807) is 0 Å². The minimum Gasteiger partial charge on any atom is -0.397 e. The number of nitrogens with one attached hydrogen (secondary N) is 1. The van der Waals surface area contributed by atoms with Crippen LogP contribution in [-0.4, -0.2) is 28.6 Å². The van der Waals surface area contributed by atoms with Crippen LogP contribution in [0.4, 0.5) is 5.69 Å². The lowest BCUT2D eigenvalue weighted by Gasteiger charge is -2.19. The van der Waals surface area contributed by atoms with E-state index in [1.165, 1.54) is 11.3 Å². The molecular weight excluding hydrogens is 274 g/mol. The number of carbonyl (C=O) groups excluding carboxylic acids is 1. The number of hydrogen-bond donors (Lipinski definition) is 3. The summed E-state index contributed by atoms with van der Waals surface area (Å²) in [6.07, 6.45) is 0. The summed E-state index contributed by atoms with van der Waals surface area (Å²) in [7, 11) is 0. The second-order valence-corrected chi connectivity index (χ2v) is 6.16. The number of aliphatic hydroxyl groups is 1. The molecule has 0 aliphatic carbocycles. The van der Waals surface area contributed by atoms with Crippen molar-refractivity contribution in [3.05, 3.63) is 22.7 Å². The number of hydrogen-bond acceptors (Lipinski definition) is 5. The van der Waals surface area contributed by atoms with Gasteiger partial charge in [-0.1, -0.05) is 13.8 Å². The summed E-state index contributed by atoms with van der Waals surface area (Å²) in [5, 5.41) is 12.9. The van der Waals surface area contributed by atoms with Crippen molar-refractivity contribution in [1.29, 1.82) is 0 Å². The molecule has 0 unspecified atom stereocenters. The van der Waals surface area contributed by atoms with Gasteiger partial charge in [-0.25, -0.2) is 4.98 Å². The smallest absolute Gasteiger partial charge is 0.263 e. The number of thiophene rings is 1. The highest BCUT2D eigenvalue weighted by atomic mass is 32.1. The Morgan fingerprint density at radius 1 is 1.50 bits per heavy atom. The maximum Gasteiger partial charge on any atom is 0.263 e. The first kappa shape index (κ1) is 14.7. The Bertz CT molecular complexity index is 637. The van der Waals surface area contributed by atoms with Gasteiger partial charge in [0.05, 0.1) is 18.3 Å². The molecule has 0 aliphatic heterocycles. The van der Waals surface area contributed by atoms with Gasteiger partial charge in [-0.3, -0.25) is 4.79 Å². The summed E-state index contributed by atoms with van der Waals surface area (Å²) in [5.74, 6) is -0.101. The molecule has 0 bridgehead atoms. The van der Waals surface area contributed by atoms with E-state index >= 15 is 0 Å². The fraction of sp³-hybridized carbons (Fsp3) is 0.429. The van der Waals surface area contributed by atoms with Gasteiger partial charge >= 0.3 is 0 Å². The highest BCUT2D eigenvalue weighted by Gasteiger charge is 2.21. The van der Waals surface area contributed by atoms with Crippen LogP contribution in [-0.2, 0) is 0 Å². The van der Waals surface area contributed by atoms with Crippen LogP contribution in [0.5, 0.6) is 0 Å². The molecule has 4 N–H and O–H groups in total.